The van der Waals surface area contributed by atoms with Gasteiger partial charge in [0.25, 0.3) is 0 Å². The largest absolute Gasteiger partial charge is 0.398 e. The topological polar surface area (TPSA) is 46.2 Å². The number of benzene rings is 1. The van der Waals surface area contributed by atoms with E-state index in [2.05, 4.69) is 6.07 Å². The van der Waals surface area contributed by atoms with Crippen molar-refractivity contribution in [1.29, 1.82) is 0 Å². The number of fused-ring (bicyclic) bond motifs is 1. The second-order valence-electron chi connectivity index (χ2n) is 4.84. The lowest BCUT2D eigenvalue weighted by atomic mass is 9.76. The van der Waals surface area contributed by atoms with Gasteiger partial charge in [0.2, 0.25) is 0 Å². The Hall–Kier alpha value is -1.02. The lowest BCUT2D eigenvalue weighted by Crippen LogP contribution is -2.22. The number of aliphatic hydroxyl groups excluding tert-OH is 1. The van der Waals surface area contributed by atoms with Gasteiger partial charge >= 0.3 is 0 Å². The smallest absolute Gasteiger partial charge is 0.0838 e. The fourth-order valence-electron chi connectivity index (χ4n) is 2.61. The lowest BCUT2D eigenvalue weighted by Gasteiger charge is -2.33. The van der Waals surface area contributed by atoms with E-state index >= 15 is 0 Å². The van der Waals surface area contributed by atoms with E-state index in [9.17, 15) is 5.11 Å². The van der Waals surface area contributed by atoms with Crippen molar-refractivity contribution in [3.63, 3.8) is 0 Å². The monoisotopic (exact) mass is 203 g/mol. The Morgan fingerprint density at radius 1 is 1.27 bits per heavy atom. The van der Waals surface area contributed by atoms with Crippen LogP contribution in [0, 0.1) is 5.92 Å². The summed E-state index contributed by atoms with van der Waals surface area (Å²) in [6.45, 7) is 0. The van der Waals surface area contributed by atoms with Crippen LogP contribution in [0.1, 0.15) is 42.1 Å². The summed E-state index contributed by atoms with van der Waals surface area (Å²) < 4.78 is 0. The molecule has 0 aromatic heterocycles. The second-order valence-corrected chi connectivity index (χ2v) is 4.84. The number of anilines is 1. The minimum absolute atomic E-state index is 0.329. The van der Waals surface area contributed by atoms with Crippen LogP contribution in [0.3, 0.4) is 0 Å². The van der Waals surface area contributed by atoms with E-state index in [1.165, 1.54) is 17.5 Å². The molecule has 0 saturated heterocycles. The summed E-state index contributed by atoms with van der Waals surface area (Å²) in [5, 5.41) is 10.2. The summed E-state index contributed by atoms with van der Waals surface area (Å²) in [6, 6.07) is 4.16. The Labute approximate surface area is 90.1 Å². The first-order valence-electron chi connectivity index (χ1n) is 5.85. The summed E-state index contributed by atoms with van der Waals surface area (Å²) in [7, 11) is 0. The molecule has 2 heteroatoms. The molecular weight excluding hydrogens is 186 g/mol. The molecule has 0 aliphatic heterocycles. The van der Waals surface area contributed by atoms with Crippen molar-refractivity contribution in [2.45, 2.75) is 38.2 Å². The van der Waals surface area contributed by atoms with Crippen LogP contribution in [-0.2, 0) is 12.8 Å². The molecule has 15 heavy (non-hydrogen) atoms. The zero-order valence-electron chi connectivity index (χ0n) is 8.87. The molecule has 0 amide bonds. The van der Waals surface area contributed by atoms with Crippen molar-refractivity contribution in [2.24, 2.45) is 5.92 Å². The molecule has 0 radical (unpaired) electrons. The maximum absolute atomic E-state index is 10.2. The van der Waals surface area contributed by atoms with E-state index in [1.807, 2.05) is 6.07 Å². The molecule has 0 spiro atoms. The zero-order valence-corrected chi connectivity index (χ0v) is 8.87. The third kappa shape index (κ3) is 1.28. The highest BCUT2D eigenvalue weighted by atomic mass is 16.3. The minimum Gasteiger partial charge on any atom is -0.398 e. The molecule has 2 aliphatic rings. The Balaban J connectivity index is 1.93. The van der Waals surface area contributed by atoms with Crippen LogP contribution in [0.5, 0.6) is 0 Å². The van der Waals surface area contributed by atoms with Gasteiger partial charge in [-0.3, -0.25) is 0 Å². The number of nitrogen functional groups attached to an aromatic ring is 1. The maximum Gasteiger partial charge on any atom is 0.0838 e. The second kappa shape index (κ2) is 3.24. The third-order valence-corrected chi connectivity index (χ3v) is 4.05. The first-order valence-corrected chi connectivity index (χ1v) is 5.85. The highest BCUT2D eigenvalue weighted by Crippen LogP contribution is 2.42. The molecule has 1 unspecified atom stereocenters. The normalized spacial score (nSPS) is 21.4. The van der Waals surface area contributed by atoms with Crippen molar-refractivity contribution in [2.75, 3.05) is 5.73 Å². The molecule has 2 nitrogen and oxygen atoms in total. The fourth-order valence-corrected chi connectivity index (χ4v) is 2.61. The Kier molecular flexibility index (Phi) is 1.99. The van der Waals surface area contributed by atoms with Gasteiger partial charge in [-0.15, -0.1) is 0 Å². The predicted octanol–water partition coefficient (Wildman–Crippen LogP) is 2.20. The van der Waals surface area contributed by atoms with Crippen LogP contribution in [0.2, 0.25) is 0 Å². The minimum atomic E-state index is -0.329. The summed E-state index contributed by atoms with van der Waals surface area (Å²) in [6.07, 6.45) is 5.47. The summed E-state index contributed by atoms with van der Waals surface area (Å²) in [4.78, 5) is 0. The molecule has 3 rings (SSSR count). The molecule has 1 aromatic carbocycles. The molecule has 1 atom stereocenters. The van der Waals surface area contributed by atoms with Gasteiger partial charge in [-0.25, -0.2) is 0 Å². The van der Waals surface area contributed by atoms with Gasteiger partial charge in [0.05, 0.1) is 6.10 Å². The molecule has 80 valence electrons. The first-order chi connectivity index (χ1) is 7.27. The van der Waals surface area contributed by atoms with Crippen LogP contribution >= 0.6 is 0 Å². The van der Waals surface area contributed by atoms with Crippen LogP contribution in [-0.4, -0.2) is 5.11 Å². The van der Waals surface area contributed by atoms with E-state index in [0.717, 1.165) is 36.9 Å². The van der Waals surface area contributed by atoms with Crippen molar-refractivity contribution in [3.05, 3.63) is 28.8 Å². The van der Waals surface area contributed by atoms with Crippen LogP contribution in [0.25, 0.3) is 0 Å². The zero-order chi connectivity index (χ0) is 10.4. The number of rotatable bonds is 2. The highest BCUT2D eigenvalue weighted by Gasteiger charge is 2.29. The maximum atomic E-state index is 10.2. The molecule has 1 aromatic rings. The number of nitrogens with two attached hydrogens (primary N) is 1. The van der Waals surface area contributed by atoms with Crippen molar-refractivity contribution in [1.82, 2.24) is 0 Å². The van der Waals surface area contributed by atoms with E-state index in [-0.39, 0.29) is 6.10 Å². The van der Waals surface area contributed by atoms with Crippen molar-refractivity contribution < 1.29 is 5.11 Å². The Bertz CT molecular complexity index is 396. The van der Waals surface area contributed by atoms with Gasteiger partial charge in [-0.2, -0.15) is 0 Å². The predicted molar refractivity (Wildman–Crippen MR) is 60.6 cm³/mol. The molecule has 0 heterocycles. The van der Waals surface area contributed by atoms with Crippen LogP contribution < -0.4 is 5.73 Å². The number of aryl methyl sites for hydroxylation is 1. The van der Waals surface area contributed by atoms with Crippen LogP contribution in [0.4, 0.5) is 5.69 Å². The van der Waals surface area contributed by atoms with E-state index in [4.69, 9.17) is 5.73 Å². The highest BCUT2D eigenvalue weighted by molar-refractivity contribution is 5.61. The number of hydrogen-bond donors (Lipinski definition) is 2. The Morgan fingerprint density at radius 3 is 2.60 bits per heavy atom. The quantitative estimate of drug-likeness (QED) is 0.724. The lowest BCUT2D eigenvalue weighted by molar-refractivity contribution is 0.0626. The molecule has 1 saturated carbocycles. The SMILES string of the molecule is Nc1c(C(O)C2CCC2)ccc2c1CC2. The summed E-state index contributed by atoms with van der Waals surface area (Å²) >= 11 is 0. The first kappa shape index (κ1) is 9.22. The van der Waals surface area contributed by atoms with Crippen molar-refractivity contribution in [3.8, 4) is 0 Å². The van der Waals surface area contributed by atoms with Gasteiger partial charge in [0, 0.05) is 11.3 Å². The van der Waals surface area contributed by atoms with E-state index in [1.54, 1.807) is 0 Å². The van der Waals surface area contributed by atoms with Gasteiger partial charge in [0.15, 0.2) is 0 Å². The van der Waals surface area contributed by atoms with E-state index < -0.39 is 0 Å². The van der Waals surface area contributed by atoms with Crippen molar-refractivity contribution >= 4 is 5.69 Å². The van der Waals surface area contributed by atoms with Gasteiger partial charge in [-0.1, -0.05) is 18.6 Å². The van der Waals surface area contributed by atoms with Gasteiger partial charge in [0.1, 0.15) is 0 Å². The number of aliphatic hydroxyl groups is 1. The average molecular weight is 203 g/mol. The van der Waals surface area contributed by atoms with Crippen LogP contribution in [0.15, 0.2) is 12.1 Å². The molecule has 1 fully saturated rings. The van der Waals surface area contributed by atoms with E-state index in [0.29, 0.717) is 5.92 Å². The van der Waals surface area contributed by atoms with Gasteiger partial charge in [-0.05, 0) is 42.7 Å². The average Bonchev–Trinajstić information content (AvgIpc) is 2.04. The third-order valence-electron chi connectivity index (χ3n) is 4.05. The molecular formula is C13H17NO. The van der Waals surface area contributed by atoms with Gasteiger partial charge < -0.3 is 10.8 Å². The summed E-state index contributed by atoms with van der Waals surface area (Å²) in [5.74, 6) is 0.449. The summed E-state index contributed by atoms with van der Waals surface area (Å²) in [5.41, 5.74) is 10.6. The standard InChI is InChI=1S/C13H17NO/c14-12-10-6-4-8(10)5-7-11(12)13(15)9-2-1-3-9/h5,7,9,13,15H,1-4,6,14H2. The number of hydrogen-bond acceptors (Lipinski definition) is 2. The molecule has 0 bridgehead atoms. The molecule has 3 N–H and O–H groups in total. The molecule has 2 aliphatic carbocycles. The fraction of sp³-hybridized carbons (Fsp3) is 0.538. The Morgan fingerprint density at radius 2 is 2.07 bits per heavy atom.